The van der Waals surface area contributed by atoms with Crippen LogP contribution in [0.25, 0.3) is 0 Å². The van der Waals surface area contributed by atoms with Crippen LogP contribution in [-0.4, -0.2) is 10.2 Å². The minimum absolute atomic E-state index is 0.184. The smallest absolute Gasteiger partial charge is 0.118 e. The van der Waals surface area contributed by atoms with Crippen molar-refractivity contribution in [1.29, 1.82) is 0 Å². The van der Waals surface area contributed by atoms with E-state index in [4.69, 9.17) is 0 Å². The summed E-state index contributed by atoms with van der Waals surface area (Å²) in [7, 11) is 0. The van der Waals surface area contributed by atoms with Gasteiger partial charge >= 0.3 is 0 Å². The molecule has 2 rings (SSSR count). The largest absolute Gasteiger partial charge is 0.508 e. The van der Waals surface area contributed by atoms with E-state index < -0.39 is 0 Å². The van der Waals surface area contributed by atoms with E-state index in [0.29, 0.717) is 17.4 Å². The molecule has 2 aromatic rings. The van der Waals surface area contributed by atoms with Crippen molar-refractivity contribution < 1.29 is 10.2 Å². The van der Waals surface area contributed by atoms with Crippen LogP contribution >= 0.6 is 0 Å². The van der Waals surface area contributed by atoms with E-state index in [1.165, 1.54) is 11.1 Å². The first kappa shape index (κ1) is 19.4. The summed E-state index contributed by atoms with van der Waals surface area (Å²) in [6.45, 7) is 10.9. The van der Waals surface area contributed by atoms with Crippen LogP contribution in [0.15, 0.2) is 36.4 Å². The first-order valence-electron chi connectivity index (χ1n) is 9.40. The molecule has 0 aromatic heterocycles. The Balaban J connectivity index is 2.38. The SMILES string of the molecule is CCCc1cc(C(C)(C)c2ccc(O)c(CCC(C)C)c2)ccc1O. The third-order valence-corrected chi connectivity index (χ3v) is 5.11. The van der Waals surface area contributed by atoms with Crippen molar-refractivity contribution in [2.45, 2.75) is 65.7 Å². The summed E-state index contributed by atoms with van der Waals surface area (Å²) in [6.07, 6.45) is 3.85. The highest BCUT2D eigenvalue weighted by Crippen LogP contribution is 2.36. The zero-order valence-corrected chi connectivity index (χ0v) is 16.3. The topological polar surface area (TPSA) is 40.5 Å². The van der Waals surface area contributed by atoms with Gasteiger partial charge < -0.3 is 10.2 Å². The fourth-order valence-corrected chi connectivity index (χ4v) is 3.23. The Morgan fingerprint density at radius 2 is 1.32 bits per heavy atom. The number of aryl methyl sites for hydroxylation is 2. The molecule has 0 amide bonds. The Labute approximate surface area is 152 Å². The lowest BCUT2D eigenvalue weighted by atomic mass is 9.76. The third kappa shape index (κ3) is 4.56. The fraction of sp³-hybridized carbons (Fsp3) is 0.478. The van der Waals surface area contributed by atoms with Gasteiger partial charge in [-0.15, -0.1) is 0 Å². The molecule has 0 radical (unpaired) electrons. The van der Waals surface area contributed by atoms with E-state index in [0.717, 1.165) is 36.8 Å². The monoisotopic (exact) mass is 340 g/mol. The number of aromatic hydroxyl groups is 2. The summed E-state index contributed by atoms with van der Waals surface area (Å²) in [6, 6.07) is 11.9. The Hall–Kier alpha value is -1.96. The maximum atomic E-state index is 10.2. The van der Waals surface area contributed by atoms with Gasteiger partial charge in [0.1, 0.15) is 11.5 Å². The van der Waals surface area contributed by atoms with E-state index in [1.54, 1.807) is 0 Å². The molecule has 2 N–H and O–H groups in total. The van der Waals surface area contributed by atoms with Crippen LogP contribution in [0.5, 0.6) is 11.5 Å². The zero-order valence-electron chi connectivity index (χ0n) is 16.3. The Bertz CT molecular complexity index is 714. The molecule has 136 valence electrons. The summed E-state index contributed by atoms with van der Waals surface area (Å²) in [5, 5.41) is 20.3. The minimum Gasteiger partial charge on any atom is -0.508 e. The highest BCUT2D eigenvalue weighted by molar-refractivity contribution is 5.47. The maximum absolute atomic E-state index is 10.2. The minimum atomic E-state index is -0.184. The normalized spacial score (nSPS) is 11.9. The second kappa shape index (κ2) is 7.95. The Kier molecular flexibility index (Phi) is 6.16. The van der Waals surface area contributed by atoms with Crippen molar-refractivity contribution in [3.8, 4) is 11.5 Å². The molecule has 0 spiro atoms. The molecular formula is C23H32O2. The zero-order chi connectivity index (χ0) is 18.6. The lowest BCUT2D eigenvalue weighted by Gasteiger charge is -2.28. The van der Waals surface area contributed by atoms with Gasteiger partial charge in [0.2, 0.25) is 0 Å². The summed E-state index contributed by atoms with van der Waals surface area (Å²) >= 11 is 0. The molecule has 0 saturated carbocycles. The predicted molar refractivity (Wildman–Crippen MR) is 105 cm³/mol. The number of benzene rings is 2. The van der Waals surface area contributed by atoms with Gasteiger partial charge in [0.15, 0.2) is 0 Å². The molecule has 0 atom stereocenters. The number of hydrogen-bond donors (Lipinski definition) is 2. The molecule has 0 aliphatic rings. The molecule has 0 heterocycles. The molecular weight excluding hydrogens is 308 g/mol. The molecule has 2 aromatic carbocycles. The Morgan fingerprint density at radius 1 is 0.840 bits per heavy atom. The summed E-state index contributed by atoms with van der Waals surface area (Å²) in [5.41, 5.74) is 4.22. The van der Waals surface area contributed by atoms with Gasteiger partial charge in [-0.1, -0.05) is 65.3 Å². The average Bonchev–Trinajstić information content (AvgIpc) is 2.55. The summed E-state index contributed by atoms with van der Waals surface area (Å²) in [4.78, 5) is 0. The molecule has 0 saturated heterocycles. The standard InChI is InChI=1S/C23H32O2/c1-6-7-17-14-19(10-12-21(17)24)23(4,5)20-11-13-22(25)18(15-20)9-8-16(2)3/h10-16,24-25H,6-9H2,1-5H3. The molecule has 0 aliphatic carbocycles. The first-order valence-corrected chi connectivity index (χ1v) is 9.40. The van der Waals surface area contributed by atoms with Crippen LogP contribution in [0.4, 0.5) is 0 Å². The predicted octanol–water partition coefficient (Wildman–Crippen LogP) is 5.96. The molecule has 2 nitrogen and oxygen atoms in total. The Morgan fingerprint density at radius 3 is 1.76 bits per heavy atom. The molecule has 2 heteroatoms. The molecule has 0 fully saturated rings. The van der Waals surface area contributed by atoms with Crippen molar-refractivity contribution >= 4 is 0 Å². The van der Waals surface area contributed by atoms with Gasteiger partial charge in [0, 0.05) is 5.41 Å². The molecule has 0 unspecified atom stereocenters. The van der Waals surface area contributed by atoms with E-state index in [2.05, 4.69) is 46.8 Å². The van der Waals surface area contributed by atoms with E-state index in [1.807, 2.05) is 24.3 Å². The van der Waals surface area contributed by atoms with Gasteiger partial charge in [-0.3, -0.25) is 0 Å². The van der Waals surface area contributed by atoms with Crippen LogP contribution in [0.1, 0.15) is 69.7 Å². The van der Waals surface area contributed by atoms with E-state index >= 15 is 0 Å². The quantitative estimate of drug-likeness (QED) is 0.652. The summed E-state index contributed by atoms with van der Waals surface area (Å²) in [5.74, 6) is 1.38. The highest BCUT2D eigenvalue weighted by Gasteiger charge is 2.25. The van der Waals surface area contributed by atoms with Crippen molar-refractivity contribution in [3.05, 3.63) is 58.7 Å². The van der Waals surface area contributed by atoms with Crippen LogP contribution in [0.2, 0.25) is 0 Å². The second-order valence-corrected chi connectivity index (χ2v) is 7.99. The number of hydrogen-bond acceptors (Lipinski definition) is 2. The summed E-state index contributed by atoms with van der Waals surface area (Å²) < 4.78 is 0. The van der Waals surface area contributed by atoms with Gasteiger partial charge in [-0.2, -0.15) is 0 Å². The van der Waals surface area contributed by atoms with Crippen LogP contribution < -0.4 is 0 Å². The molecule has 0 aliphatic heterocycles. The van der Waals surface area contributed by atoms with Gasteiger partial charge in [0.05, 0.1) is 0 Å². The van der Waals surface area contributed by atoms with Gasteiger partial charge in [-0.25, -0.2) is 0 Å². The maximum Gasteiger partial charge on any atom is 0.118 e. The van der Waals surface area contributed by atoms with Gasteiger partial charge in [-0.05, 0) is 59.6 Å². The average molecular weight is 341 g/mol. The third-order valence-electron chi connectivity index (χ3n) is 5.11. The first-order chi connectivity index (χ1) is 11.8. The van der Waals surface area contributed by atoms with Gasteiger partial charge in [0.25, 0.3) is 0 Å². The number of rotatable bonds is 7. The van der Waals surface area contributed by atoms with Crippen molar-refractivity contribution in [2.75, 3.05) is 0 Å². The van der Waals surface area contributed by atoms with Crippen molar-refractivity contribution in [3.63, 3.8) is 0 Å². The second-order valence-electron chi connectivity index (χ2n) is 7.99. The molecule has 25 heavy (non-hydrogen) atoms. The van der Waals surface area contributed by atoms with Crippen LogP contribution in [0, 0.1) is 5.92 Å². The van der Waals surface area contributed by atoms with Crippen LogP contribution in [0.3, 0.4) is 0 Å². The van der Waals surface area contributed by atoms with E-state index in [-0.39, 0.29) is 5.41 Å². The fourth-order valence-electron chi connectivity index (χ4n) is 3.23. The number of phenols is 2. The van der Waals surface area contributed by atoms with Crippen molar-refractivity contribution in [1.82, 2.24) is 0 Å². The lowest BCUT2D eigenvalue weighted by molar-refractivity contribution is 0.462. The van der Waals surface area contributed by atoms with Crippen molar-refractivity contribution in [2.24, 2.45) is 5.92 Å². The molecule has 0 bridgehead atoms. The van der Waals surface area contributed by atoms with Crippen LogP contribution in [-0.2, 0) is 18.3 Å². The van der Waals surface area contributed by atoms with E-state index in [9.17, 15) is 10.2 Å². The highest BCUT2D eigenvalue weighted by atomic mass is 16.3. The lowest BCUT2D eigenvalue weighted by Crippen LogP contribution is -2.19. The number of phenolic OH excluding ortho intramolecular Hbond substituents is 2.